The number of primary amides is 1. The van der Waals surface area contributed by atoms with Crippen LogP contribution in [0.2, 0.25) is 5.02 Å². The van der Waals surface area contributed by atoms with Gasteiger partial charge in [-0.1, -0.05) is 44.5 Å². The minimum absolute atomic E-state index is 0.0650. The normalized spacial score (nSPS) is 13.5. The zero-order valence-corrected chi connectivity index (χ0v) is 17.1. The molecule has 0 aromatic heterocycles. The van der Waals surface area contributed by atoms with Crippen molar-refractivity contribution in [1.29, 1.82) is 0 Å². The molecule has 0 aliphatic rings. The first-order valence-corrected chi connectivity index (χ1v) is 9.33. The Morgan fingerprint density at radius 2 is 1.78 bits per heavy atom. The number of hydrogen-bond acceptors (Lipinski definition) is 4. The Labute approximate surface area is 165 Å². The number of hydrogen-bond donors (Lipinski definition) is 2. The molecule has 0 aliphatic heterocycles. The minimum Gasteiger partial charge on any atom is -0.467 e. The van der Waals surface area contributed by atoms with Crippen molar-refractivity contribution in [2.45, 2.75) is 52.5 Å². The summed E-state index contributed by atoms with van der Waals surface area (Å²) in [5, 5.41) is 3.40. The van der Waals surface area contributed by atoms with Gasteiger partial charge in [0, 0.05) is 17.4 Å². The van der Waals surface area contributed by atoms with Crippen molar-refractivity contribution in [3.05, 3.63) is 34.9 Å². The van der Waals surface area contributed by atoms with Crippen molar-refractivity contribution < 1.29 is 19.1 Å². The molecule has 0 radical (unpaired) electrons. The molecule has 7 heteroatoms. The van der Waals surface area contributed by atoms with Crippen LogP contribution in [0.5, 0.6) is 0 Å². The molecule has 27 heavy (non-hydrogen) atoms. The third kappa shape index (κ3) is 7.99. The van der Waals surface area contributed by atoms with Crippen LogP contribution in [0, 0.1) is 11.3 Å². The van der Waals surface area contributed by atoms with Crippen molar-refractivity contribution in [2.75, 3.05) is 7.11 Å². The highest BCUT2D eigenvalue weighted by molar-refractivity contribution is 6.30. The van der Waals surface area contributed by atoms with Gasteiger partial charge < -0.3 is 15.8 Å². The fourth-order valence-corrected chi connectivity index (χ4v) is 2.91. The molecule has 0 saturated carbocycles. The predicted octanol–water partition coefficient (Wildman–Crippen LogP) is 2.86. The largest absolute Gasteiger partial charge is 0.467 e. The van der Waals surface area contributed by atoms with Crippen LogP contribution in [-0.4, -0.2) is 30.9 Å². The molecule has 0 aliphatic carbocycles. The lowest BCUT2D eigenvalue weighted by atomic mass is 9.85. The molecular weight excluding hydrogens is 368 g/mol. The molecule has 0 unspecified atom stereocenters. The fourth-order valence-electron chi connectivity index (χ4n) is 2.78. The Morgan fingerprint density at radius 1 is 1.19 bits per heavy atom. The van der Waals surface area contributed by atoms with Crippen LogP contribution >= 0.6 is 11.6 Å². The van der Waals surface area contributed by atoms with E-state index < -0.39 is 29.3 Å². The summed E-state index contributed by atoms with van der Waals surface area (Å²) in [6.07, 6.45) is 1.87. The number of carbonyl (C=O) groups is 3. The first-order valence-electron chi connectivity index (χ1n) is 8.95. The maximum absolute atomic E-state index is 12.7. The van der Waals surface area contributed by atoms with Crippen LogP contribution < -0.4 is 11.1 Å². The quantitative estimate of drug-likeness (QED) is 0.627. The Kier molecular flexibility index (Phi) is 8.76. The number of nitrogens with two attached hydrogens (primary N) is 1. The summed E-state index contributed by atoms with van der Waals surface area (Å²) in [7, 11) is 1.28. The van der Waals surface area contributed by atoms with E-state index in [4.69, 9.17) is 22.1 Å². The molecule has 1 aromatic carbocycles. The summed E-state index contributed by atoms with van der Waals surface area (Å²) in [4.78, 5) is 36.1. The second kappa shape index (κ2) is 10.3. The van der Waals surface area contributed by atoms with Gasteiger partial charge in [0.15, 0.2) is 0 Å². The number of benzene rings is 1. The number of esters is 1. The van der Waals surface area contributed by atoms with Gasteiger partial charge in [-0.25, -0.2) is 4.79 Å². The molecule has 0 saturated heterocycles. The van der Waals surface area contributed by atoms with E-state index in [9.17, 15) is 14.4 Å². The van der Waals surface area contributed by atoms with Crippen LogP contribution in [0.4, 0.5) is 0 Å². The van der Waals surface area contributed by atoms with Gasteiger partial charge in [-0.2, -0.15) is 0 Å². The van der Waals surface area contributed by atoms with Crippen LogP contribution in [0.15, 0.2) is 24.3 Å². The lowest BCUT2D eigenvalue weighted by molar-refractivity contribution is -0.148. The zero-order chi connectivity index (χ0) is 20.6. The summed E-state index contributed by atoms with van der Waals surface area (Å²) < 4.78 is 4.79. The van der Waals surface area contributed by atoms with Gasteiger partial charge in [-0.05, 0) is 42.4 Å². The molecule has 1 aromatic rings. The number of methoxy groups -OCH3 is 1. The number of carbonyl (C=O) groups excluding carboxylic acids is 3. The number of aryl methyl sites for hydroxylation is 1. The van der Waals surface area contributed by atoms with Gasteiger partial charge in [-0.3, -0.25) is 9.59 Å². The van der Waals surface area contributed by atoms with Gasteiger partial charge in [0.25, 0.3) is 0 Å². The highest BCUT2D eigenvalue weighted by Gasteiger charge is 2.35. The van der Waals surface area contributed by atoms with E-state index in [-0.39, 0.29) is 12.3 Å². The predicted molar refractivity (Wildman–Crippen MR) is 105 cm³/mol. The second-order valence-electron chi connectivity index (χ2n) is 7.72. The van der Waals surface area contributed by atoms with Gasteiger partial charge >= 0.3 is 5.97 Å². The molecule has 0 bridgehead atoms. The lowest BCUT2D eigenvalue weighted by Crippen LogP contribution is -2.51. The van der Waals surface area contributed by atoms with Crippen molar-refractivity contribution in [3.8, 4) is 0 Å². The summed E-state index contributed by atoms with van der Waals surface area (Å²) in [6.45, 7) is 5.50. The van der Waals surface area contributed by atoms with E-state index >= 15 is 0 Å². The van der Waals surface area contributed by atoms with Crippen LogP contribution in [0.1, 0.15) is 45.6 Å². The fraction of sp³-hybridized carbons (Fsp3) is 0.550. The van der Waals surface area contributed by atoms with Crippen LogP contribution in [-0.2, 0) is 25.5 Å². The summed E-state index contributed by atoms with van der Waals surface area (Å²) in [5.74, 6) is -2.03. The molecule has 0 heterocycles. The molecule has 3 N–H and O–H groups in total. The highest BCUT2D eigenvalue weighted by atomic mass is 35.5. The molecule has 150 valence electrons. The molecule has 6 nitrogen and oxygen atoms in total. The third-order valence-corrected chi connectivity index (χ3v) is 4.59. The standard InChI is InChI=1S/C20H29ClN2O4/c1-20(2,3)17(19(26)27-4)23-18(25)14(12-16(22)24)7-5-6-13-8-10-15(21)11-9-13/h8-11,14,17H,5-7,12H2,1-4H3,(H2,22,24)(H,23,25)/t14-,17-/m1/s1. The first kappa shape index (κ1) is 23.0. The highest BCUT2D eigenvalue weighted by Crippen LogP contribution is 2.22. The monoisotopic (exact) mass is 396 g/mol. The molecule has 2 atom stereocenters. The average Bonchev–Trinajstić information content (AvgIpc) is 2.58. The minimum atomic E-state index is -0.804. The van der Waals surface area contributed by atoms with E-state index in [1.165, 1.54) is 7.11 Å². The Hall–Kier alpha value is -2.08. The van der Waals surface area contributed by atoms with Gasteiger partial charge in [0.05, 0.1) is 7.11 Å². The smallest absolute Gasteiger partial charge is 0.328 e. The average molecular weight is 397 g/mol. The molecule has 0 spiro atoms. The maximum atomic E-state index is 12.7. The molecule has 0 fully saturated rings. The third-order valence-electron chi connectivity index (χ3n) is 4.34. The zero-order valence-electron chi connectivity index (χ0n) is 16.4. The Balaban J connectivity index is 2.75. The van der Waals surface area contributed by atoms with Crippen LogP contribution in [0.3, 0.4) is 0 Å². The van der Waals surface area contributed by atoms with E-state index in [0.717, 1.165) is 12.0 Å². The Bertz CT molecular complexity index is 653. The topological polar surface area (TPSA) is 98.5 Å². The van der Waals surface area contributed by atoms with Gasteiger partial charge in [0.2, 0.25) is 11.8 Å². The SMILES string of the molecule is COC(=O)[C@@H](NC(=O)[C@H](CCCc1ccc(Cl)cc1)CC(N)=O)C(C)(C)C. The van der Waals surface area contributed by atoms with E-state index in [1.54, 1.807) is 0 Å². The van der Waals surface area contributed by atoms with Crippen molar-refractivity contribution in [3.63, 3.8) is 0 Å². The number of halogens is 1. The van der Waals surface area contributed by atoms with Crippen LogP contribution in [0.25, 0.3) is 0 Å². The van der Waals surface area contributed by atoms with E-state index in [1.807, 2.05) is 45.0 Å². The van der Waals surface area contributed by atoms with E-state index in [2.05, 4.69) is 5.32 Å². The van der Waals surface area contributed by atoms with Crippen molar-refractivity contribution in [2.24, 2.45) is 17.1 Å². The van der Waals surface area contributed by atoms with Crippen molar-refractivity contribution >= 4 is 29.4 Å². The number of nitrogens with one attached hydrogen (secondary N) is 1. The summed E-state index contributed by atoms with van der Waals surface area (Å²) >= 11 is 5.88. The maximum Gasteiger partial charge on any atom is 0.328 e. The lowest BCUT2D eigenvalue weighted by Gasteiger charge is -2.30. The van der Waals surface area contributed by atoms with E-state index in [0.29, 0.717) is 17.9 Å². The van der Waals surface area contributed by atoms with Gasteiger partial charge in [0.1, 0.15) is 6.04 Å². The summed E-state index contributed by atoms with van der Waals surface area (Å²) in [6, 6.07) is 6.68. The second-order valence-corrected chi connectivity index (χ2v) is 8.15. The molecule has 2 amide bonds. The van der Waals surface area contributed by atoms with Crippen molar-refractivity contribution in [1.82, 2.24) is 5.32 Å². The molecule has 1 rings (SSSR count). The number of ether oxygens (including phenoxy) is 1. The number of amides is 2. The van der Waals surface area contributed by atoms with Gasteiger partial charge in [-0.15, -0.1) is 0 Å². The summed E-state index contributed by atoms with van der Waals surface area (Å²) in [5.41, 5.74) is 5.88. The Morgan fingerprint density at radius 3 is 2.26 bits per heavy atom. The first-order chi connectivity index (χ1) is 12.5. The molecular formula is C20H29ClN2O4. The number of rotatable bonds is 9.